The van der Waals surface area contributed by atoms with Gasteiger partial charge in [-0.25, -0.2) is 0 Å². The maximum absolute atomic E-state index is 12.2. The molecular formula is C16H25ClN2O3. The molecule has 1 atom stereocenters. The molecule has 1 unspecified atom stereocenters. The Balaban J connectivity index is 0.00000242. The van der Waals surface area contributed by atoms with Crippen LogP contribution in [0.1, 0.15) is 25.3 Å². The summed E-state index contributed by atoms with van der Waals surface area (Å²) in [5.41, 5.74) is 6.47. The lowest BCUT2D eigenvalue weighted by molar-refractivity contribution is -0.130. The first-order chi connectivity index (χ1) is 9.99. The van der Waals surface area contributed by atoms with Gasteiger partial charge in [0.25, 0.3) is 0 Å². The van der Waals surface area contributed by atoms with Gasteiger partial charge < -0.3 is 20.5 Å². The smallest absolute Gasteiger partial charge is 0.240 e. The molecule has 0 spiro atoms. The first kappa shape index (κ1) is 18.7. The van der Waals surface area contributed by atoms with E-state index in [0.717, 1.165) is 11.3 Å². The molecule has 1 fully saturated rings. The highest BCUT2D eigenvalue weighted by molar-refractivity contribution is 5.86. The highest BCUT2D eigenvalue weighted by Gasteiger charge is 2.35. The summed E-state index contributed by atoms with van der Waals surface area (Å²) < 4.78 is 11.0. The van der Waals surface area contributed by atoms with E-state index in [1.165, 1.54) is 0 Å². The second kappa shape index (κ2) is 8.36. The maximum atomic E-state index is 12.2. The molecule has 1 amide bonds. The minimum atomic E-state index is -0.804. The SMILES string of the molecule is Cc1cccc(OC(C)CNC(=O)C2(N)CCOCC2)c1.Cl. The van der Waals surface area contributed by atoms with Gasteiger partial charge in [0.05, 0.1) is 12.1 Å². The lowest BCUT2D eigenvalue weighted by Crippen LogP contribution is -2.57. The van der Waals surface area contributed by atoms with E-state index < -0.39 is 5.54 Å². The highest BCUT2D eigenvalue weighted by Crippen LogP contribution is 2.18. The summed E-state index contributed by atoms with van der Waals surface area (Å²) in [6, 6.07) is 7.85. The molecule has 6 heteroatoms. The third kappa shape index (κ3) is 5.16. The van der Waals surface area contributed by atoms with Crippen LogP contribution in [0.4, 0.5) is 0 Å². The molecule has 1 aromatic carbocycles. The Kier molecular flexibility index (Phi) is 7.13. The zero-order valence-corrected chi connectivity index (χ0v) is 13.9. The van der Waals surface area contributed by atoms with E-state index in [-0.39, 0.29) is 24.4 Å². The molecule has 1 aromatic rings. The molecule has 1 aliphatic rings. The number of hydrogen-bond donors (Lipinski definition) is 2. The van der Waals surface area contributed by atoms with Crippen molar-refractivity contribution in [1.29, 1.82) is 0 Å². The van der Waals surface area contributed by atoms with Gasteiger partial charge in [-0.05, 0) is 44.4 Å². The minimum absolute atomic E-state index is 0. The average Bonchev–Trinajstić information content (AvgIpc) is 2.45. The van der Waals surface area contributed by atoms with Crippen LogP contribution >= 0.6 is 12.4 Å². The number of aryl methyl sites for hydroxylation is 1. The first-order valence-electron chi connectivity index (χ1n) is 7.38. The topological polar surface area (TPSA) is 73.6 Å². The molecular weight excluding hydrogens is 304 g/mol. The van der Waals surface area contributed by atoms with E-state index in [4.69, 9.17) is 15.2 Å². The van der Waals surface area contributed by atoms with Crippen LogP contribution in [0.5, 0.6) is 5.75 Å². The molecule has 1 heterocycles. The van der Waals surface area contributed by atoms with Gasteiger partial charge in [-0.1, -0.05) is 12.1 Å². The number of hydrogen-bond acceptors (Lipinski definition) is 4. The molecule has 0 aromatic heterocycles. The van der Waals surface area contributed by atoms with E-state index in [1.807, 2.05) is 38.1 Å². The van der Waals surface area contributed by atoms with E-state index in [1.54, 1.807) is 0 Å². The third-order valence-corrected chi connectivity index (χ3v) is 3.71. The Morgan fingerprint density at radius 3 is 2.77 bits per heavy atom. The molecule has 0 aliphatic carbocycles. The van der Waals surface area contributed by atoms with Crippen LogP contribution in [0.15, 0.2) is 24.3 Å². The van der Waals surface area contributed by atoms with Crippen molar-refractivity contribution in [2.24, 2.45) is 5.73 Å². The number of rotatable bonds is 5. The van der Waals surface area contributed by atoms with E-state index in [0.29, 0.717) is 32.6 Å². The summed E-state index contributed by atoms with van der Waals surface area (Å²) in [5.74, 6) is 0.691. The van der Waals surface area contributed by atoms with Crippen molar-refractivity contribution in [2.75, 3.05) is 19.8 Å². The molecule has 0 bridgehead atoms. The Hall–Kier alpha value is -1.30. The number of halogens is 1. The molecule has 3 N–H and O–H groups in total. The van der Waals surface area contributed by atoms with E-state index >= 15 is 0 Å². The molecule has 22 heavy (non-hydrogen) atoms. The standard InChI is InChI=1S/C16H24N2O3.ClH/c1-12-4-3-5-14(10-12)21-13(2)11-18-15(19)16(17)6-8-20-9-7-16;/h3-5,10,13H,6-9,11,17H2,1-2H3,(H,18,19);1H. The largest absolute Gasteiger partial charge is 0.489 e. The number of benzene rings is 1. The number of carbonyl (C=O) groups excluding carboxylic acids is 1. The lowest BCUT2D eigenvalue weighted by Gasteiger charge is -2.32. The van der Waals surface area contributed by atoms with Crippen LogP contribution in [-0.4, -0.2) is 37.3 Å². The lowest BCUT2D eigenvalue weighted by atomic mass is 9.90. The summed E-state index contributed by atoms with van der Waals surface area (Å²) >= 11 is 0. The van der Waals surface area contributed by atoms with Crippen molar-refractivity contribution in [3.05, 3.63) is 29.8 Å². The Bertz CT molecular complexity index is 490. The van der Waals surface area contributed by atoms with Crippen LogP contribution in [-0.2, 0) is 9.53 Å². The number of ether oxygens (including phenoxy) is 2. The highest BCUT2D eigenvalue weighted by atomic mass is 35.5. The maximum Gasteiger partial charge on any atom is 0.240 e. The molecule has 2 rings (SSSR count). The van der Waals surface area contributed by atoms with Gasteiger partial charge in [-0.3, -0.25) is 4.79 Å². The molecule has 124 valence electrons. The molecule has 5 nitrogen and oxygen atoms in total. The van der Waals surface area contributed by atoms with Crippen LogP contribution in [0.3, 0.4) is 0 Å². The molecule has 1 aliphatic heterocycles. The summed E-state index contributed by atoms with van der Waals surface area (Å²) in [5, 5.41) is 2.88. The third-order valence-electron chi connectivity index (χ3n) is 3.71. The summed E-state index contributed by atoms with van der Waals surface area (Å²) in [6.07, 6.45) is 1.01. The van der Waals surface area contributed by atoms with Gasteiger partial charge in [-0.2, -0.15) is 0 Å². The van der Waals surface area contributed by atoms with Crippen molar-refractivity contribution in [1.82, 2.24) is 5.32 Å². The van der Waals surface area contributed by atoms with Crippen molar-refractivity contribution >= 4 is 18.3 Å². The van der Waals surface area contributed by atoms with Gasteiger partial charge >= 0.3 is 0 Å². The zero-order valence-electron chi connectivity index (χ0n) is 13.1. The number of nitrogens with two attached hydrogens (primary N) is 1. The second-order valence-corrected chi connectivity index (χ2v) is 5.72. The Morgan fingerprint density at radius 1 is 1.45 bits per heavy atom. The van der Waals surface area contributed by atoms with Crippen LogP contribution in [0, 0.1) is 6.92 Å². The fraction of sp³-hybridized carbons (Fsp3) is 0.562. The average molecular weight is 329 g/mol. The molecule has 1 saturated heterocycles. The van der Waals surface area contributed by atoms with Crippen molar-refractivity contribution in [3.8, 4) is 5.75 Å². The van der Waals surface area contributed by atoms with Crippen LogP contribution in [0.25, 0.3) is 0 Å². The quantitative estimate of drug-likeness (QED) is 0.864. The van der Waals surface area contributed by atoms with Gasteiger partial charge in [0.15, 0.2) is 0 Å². The Morgan fingerprint density at radius 2 is 2.14 bits per heavy atom. The normalized spacial score (nSPS) is 18.0. The van der Waals surface area contributed by atoms with E-state index in [2.05, 4.69) is 5.32 Å². The fourth-order valence-corrected chi connectivity index (χ4v) is 2.34. The predicted molar refractivity (Wildman–Crippen MR) is 88.5 cm³/mol. The second-order valence-electron chi connectivity index (χ2n) is 5.72. The van der Waals surface area contributed by atoms with Gasteiger partial charge in [0.2, 0.25) is 5.91 Å². The first-order valence-corrected chi connectivity index (χ1v) is 7.38. The van der Waals surface area contributed by atoms with Crippen molar-refractivity contribution in [3.63, 3.8) is 0 Å². The fourth-order valence-electron chi connectivity index (χ4n) is 2.34. The van der Waals surface area contributed by atoms with Crippen molar-refractivity contribution in [2.45, 2.75) is 38.3 Å². The number of amides is 1. The van der Waals surface area contributed by atoms with E-state index in [9.17, 15) is 4.79 Å². The predicted octanol–water partition coefficient (Wildman–Crippen LogP) is 1.81. The monoisotopic (exact) mass is 328 g/mol. The summed E-state index contributed by atoms with van der Waals surface area (Å²) in [4.78, 5) is 12.2. The Labute approximate surface area is 138 Å². The zero-order chi connectivity index (χ0) is 15.3. The summed E-state index contributed by atoms with van der Waals surface area (Å²) in [7, 11) is 0. The summed E-state index contributed by atoms with van der Waals surface area (Å²) in [6.45, 7) is 5.46. The molecule has 0 radical (unpaired) electrons. The number of carbonyl (C=O) groups is 1. The van der Waals surface area contributed by atoms with Crippen molar-refractivity contribution < 1.29 is 14.3 Å². The number of nitrogens with one attached hydrogen (secondary N) is 1. The van der Waals surface area contributed by atoms with Gasteiger partial charge in [0, 0.05) is 13.2 Å². The minimum Gasteiger partial charge on any atom is -0.489 e. The van der Waals surface area contributed by atoms with Crippen LogP contribution in [0.2, 0.25) is 0 Å². The molecule has 0 saturated carbocycles. The van der Waals surface area contributed by atoms with Crippen LogP contribution < -0.4 is 15.8 Å². The van der Waals surface area contributed by atoms with Gasteiger partial charge in [0.1, 0.15) is 11.9 Å². The van der Waals surface area contributed by atoms with Gasteiger partial charge in [-0.15, -0.1) is 12.4 Å².